The summed E-state index contributed by atoms with van der Waals surface area (Å²) in [6, 6.07) is 7.18. The second-order valence-corrected chi connectivity index (χ2v) is 5.40. The highest BCUT2D eigenvalue weighted by molar-refractivity contribution is 5.92. The molecule has 0 amide bonds. The number of non-ortho nitro benzene ring substituents is 1. The predicted molar refractivity (Wildman–Crippen MR) is 86.7 cm³/mol. The Bertz CT molecular complexity index is 871. The number of esters is 1. The molecule has 0 bridgehead atoms. The first-order chi connectivity index (χ1) is 11.5. The SMILES string of the molecule is COC(=O)c1cc(Nc2ccc([N+](=O)[O-])cc2)c(=O)n2c1CCC2. The van der Waals surface area contributed by atoms with Gasteiger partial charge in [0, 0.05) is 30.1 Å². The number of benzene rings is 1. The first kappa shape index (κ1) is 15.7. The highest BCUT2D eigenvalue weighted by Crippen LogP contribution is 2.23. The molecule has 2 heterocycles. The van der Waals surface area contributed by atoms with Gasteiger partial charge in [-0.25, -0.2) is 4.79 Å². The Kier molecular flexibility index (Phi) is 4.03. The number of nitro benzene ring substituents is 1. The maximum Gasteiger partial charge on any atom is 0.339 e. The van der Waals surface area contributed by atoms with Gasteiger partial charge in [0.05, 0.1) is 17.6 Å². The fourth-order valence-electron chi connectivity index (χ4n) is 2.81. The predicted octanol–water partition coefficient (Wildman–Crippen LogP) is 2.23. The van der Waals surface area contributed by atoms with E-state index >= 15 is 0 Å². The topological polar surface area (TPSA) is 103 Å². The molecule has 0 unspecified atom stereocenters. The standard InChI is InChI=1S/C16H15N3O5/c1-24-16(21)12-9-13(15(20)18-8-2-3-14(12)18)17-10-4-6-11(7-5-10)19(22)23/h4-7,9,17H,2-3,8H2,1H3. The molecule has 0 fully saturated rings. The summed E-state index contributed by atoms with van der Waals surface area (Å²) >= 11 is 0. The van der Waals surface area contributed by atoms with Gasteiger partial charge in [-0.05, 0) is 31.0 Å². The van der Waals surface area contributed by atoms with Gasteiger partial charge < -0.3 is 14.6 Å². The van der Waals surface area contributed by atoms with Gasteiger partial charge in [0.15, 0.2) is 0 Å². The van der Waals surface area contributed by atoms with Crippen molar-refractivity contribution in [1.82, 2.24) is 4.57 Å². The van der Waals surface area contributed by atoms with Crippen LogP contribution >= 0.6 is 0 Å². The summed E-state index contributed by atoms with van der Waals surface area (Å²) in [5.41, 5.74) is 1.53. The Morgan fingerprint density at radius 2 is 2.04 bits per heavy atom. The van der Waals surface area contributed by atoms with E-state index in [-0.39, 0.29) is 16.9 Å². The molecular weight excluding hydrogens is 314 g/mol. The van der Waals surface area contributed by atoms with Gasteiger partial charge in [-0.15, -0.1) is 0 Å². The Hall–Kier alpha value is -3.16. The number of hydrogen-bond acceptors (Lipinski definition) is 6. The zero-order chi connectivity index (χ0) is 17.3. The average molecular weight is 329 g/mol. The first-order valence-corrected chi connectivity index (χ1v) is 7.38. The molecule has 1 N–H and O–H groups in total. The van der Waals surface area contributed by atoms with Crippen LogP contribution in [0.3, 0.4) is 0 Å². The zero-order valence-electron chi connectivity index (χ0n) is 12.9. The van der Waals surface area contributed by atoms with Crippen molar-refractivity contribution in [2.24, 2.45) is 0 Å². The molecule has 1 aromatic carbocycles. The molecule has 2 aromatic rings. The summed E-state index contributed by atoms with van der Waals surface area (Å²) in [4.78, 5) is 34.7. The molecule has 0 saturated heterocycles. The van der Waals surface area contributed by atoms with Crippen LogP contribution in [0.5, 0.6) is 0 Å². The van der Waals surface area contributed by atoms with Crippen LogP contribution in [0.15, 0.2) is 35.1 Å². The number of anilines is 2. The van der Waals surface area contributed by atoms with Gasteiger partial charge in [0.25, 0.3) is 11.2 Å². The van der Waals surface area contributed by atoms with Crippen LogP contribution in [0, 0.1) is 10.1 Å². The van der Waals surface area contributed by atoms with E-state index in [0.717, 1.165) is 6.42 Å². The Balaban J connectivity index is 2.00. The third-order valence-corrected chi connectivity index (χ3v) is 3.96. The monoisotopic (exact) mass is 329 g/mol. The maximum atomic E-state index is 12.5. The summed E-state index contributed by atoms with van der Waals surface area (Å²) in [7, 11) is 1.29. The van der Waals surface area contributed by atoms with E-state index < -0.39 is 10.9 Å². The number of rotatable bonds is 4. The van der Waals surface area contributed by atoms with Crippen molar-refractivity contribution in [3.8, 4) is 0 Å². The van der Waals surface area contributed by atoms with Gasteiger partial charge >= 0.3 is 5.97 Å². The molecule has 8 nitrogen and oxygen atoms in total. The number of carbonyl (C=O) groups is 1. The molecule has 8 heteroatoms. The molecule has 0 atom stereocenters. The van der Waals surface area contributed by atoms with Crippen LogP contribution in [-0.4, -0.2) is 22.6 Å². The fraction of sp³-hybridized carbons (Fsp3) is 0.250. The smallest absolute Gasteiger partial charge is 0.339 e. The molecule has 0 radical (unpaired) electrons. The van der Waals surface area contributed by atoms with Crippen molar-refractivity contribution in [3.05, 3.63) is 62.1 Å². The molecule has 24 heavy (non-hydrogen) atoms. The first-order valence-electron chi connectivity index (χ1n) is 7.38. The summed E-state index contributed by atoms with van der Waals surface area (Å²) in [5.74, 6) is -0.493. The van der Waals surface area contributed by atoms with Crippen molar-refractivity contribution >= 4 is 23.0 Å². The minimum absolute atomic E-state index is 0.0403. The highest BCUT2D eigenvalue weighted by atomic mass is 16.6. The molecule has 0 aliphatic carbocycles. The lowest BCUT2D eigenvalue weighted by molar-refractivity contribution is -0.384. The summed E-state index contributed by atoms with van der Waals surface area (Å²) in [6.45, 7) is 0.550. The van der Waals surface area contributed by atoms with Crippen LogP contribution < -0.4 is 10.9 Å². The normalized spacial score (nSPS) is 12.5. The van der Waals surface area contributed by atoms with Crippen molar-refractivity contribution < 1.29 is 14.5 Å². The number of fused-ring (bicyclic) bond motifs is 1. The molecule has 1 aliphatic rings. The van der Waals surface area contributed by atoms with Crippen molar-refractivity contribution in [2.45, 2.75) is 19.4 Å². The van der Waals surface area contributed by atoms with Crippen molar-refractivity contribution in [1.29, 1.82) is 0 Å². The van der Waals surface area contributed by atoms with E-state index in [1.165, 1.54) is 37.4 Å². The van der Waals surface area contributed by atoms with Crippen molar-refractivity contribution in [2.75, 3.05) is 12.4 Å². The maximum absolute atomic E-state index is 12.5. The quantitative estimate of drug-likeness (QED) is 0.524. The third kappa shape index (κ3) is 2.73. The Morgan fingerprint density at radius 1 is 1.33 bits per heavy atom. The molecule has 0 saturated carbocycles. The van der Waals surface area contributed by atoms with E-state index in [1.54, 1.807) is 4.57 Å². The van der Waals surface area contributed by atoms with E-state index in [4.69, 9.17) is 4.74 Å². The summed E-state index contributed by atoms with van der Waals surface area (Å²) in [5, 5.41) is 13.6. The number of ether oxygens (including phenoxy) is 1. The van der Waals surface area contributed by atoms with Gasteiger partial charge in [0.1, 0.15) is 5.69 Å². The summed E-state index contributed by atoms with van der Waals surface area (Å²) in [6.07, 6.45) is 1.44. The molecule has 1 aliphatic heterocycles. The Labute approximate surface area is 136 Å². The van der Waals surface area contributed by atoms with E-state index in [1.807, 2.05) is 0 Å². The number of hydrogen-bond donors (Lipinski definition) is 1. The molecule has 0 spiro atoms. The van der Waals surface area contributed by atoms with E-state index in [2.05, 4.69) is 5.32 Å². The summed E-state index contributed by atoms with van der Waals surface area (Å²) < 4.78 is 6.36. The largest absolute Gasteiger partial charge is 0.465 e. The van der Waals surface area contributed by atoms with Crippen LogP contribution in [0.4, 0.5) is 17.1 Å². The minimum atomic E-state index is -0.497. The van der Waals surface area contributed by atoms with Crippen LogP contribution in [-0.2, 0) is 17.7 Å². The van der Waals surface area contributed by atoms with Crippen LogP contribution in [0.1, 0.15) is 22.5 Å². The zero-order valence-corrected chi connectivity index (χ0v) is 12.9. The van der Waals surface area contributed by atoms with Gasteiger partial charge in [-0.3, -0.25) is 14.9 Å². The van der Waals surface area contributed by atoms with E-state index in [0.29, 0.717) is 29.9 Å². The number of carbonyl (C=O) groups excluding carboxylic acids is 1. The second kappa shape index (κ2) is 6.15. The van der Waals surface area contributed by atoms with Gasteiger partial charge in [-0.1, -0.05) is 0 Å². The lowest BCUT2D eigenvalue weighted by Crippen LogP contribution is -2.25. The molecule has 3 rings (SSSR count). The molecular formula is C16H15N3O5. The van der Waals surface area contributed by atoms with Crippen molar-refractivity contribution in [3.63, 3.8) is 0 Å². The average Bonchev–Trinajstić information content (AvgIpc) is 3.07. The number of methoxy groups -OCH3 is 1. The van der Waals surface area contributed by atoms with Crippen LogP contribution in [0.25, 0.3) is 0 Å². The molecule has 1 aromatic heterocycles. The number of nitrogens with one attached hydrogen (secondary N) is 1. The number of nitrogens with zero attached hydrogens (tertiary/aromatic N) is 2. The fourth-order valence-corrected chi connectivity index (χ4v) is 2.81. The second-order valence-electron chi connectivity index (χ2n) is 5.40. The highest BCUT2D eigenvalue weighted by Gasteiger charge is 2.23. The lowest BCUT2D eigenvalue weighted by Gasteiger charge is -2.13. The third-order valence-electron chi connectivity index (χ3n) is 3.96. The Morgan fingerprint density at radius 3 is 2.67 bits per heavy atom. The molecule has 124 valence electrons. The number of aromatic nitrogens is 1. The van der Waals surface area contributed by atoms with Gasteiger partial charge in [-0.2, -0.15) is 0 Å². The number of nitro groups is 1. The lowest BCUT2D eigenvalue weighted by atomic mass is 10.1. The van der Waals surface area contributed by atoms with E-state index in [9.17, 15) is 19.7 Å². The minimum Gasteiger partial charge on any atom is -0.465 e. The van der Waals surface area contributed by atoms with Crippen LogP contribution in [0.2, 0.25) is 0 Å². The van der Waals surface area contributed by atoms with Gasteiger partial charge in [0.2, 0.25) is 0 Å². The number of pyridine rings is 1.